The number of amides is 2. The minimum absolute atomic E-state index is 0.0561. The fourth-order valence-corrected chi connectivity index (χ4v) is 4.58. The molecule has 16 nitrogen and oxygen atoms in total. The number of ether oxygens (including phenoxy) is 2. The molecular formula is C31H28N10O6. The van der Waals surface area contributed by atoms with Gasteiger partial charge in [-0.1, -0.05) is 65.0 Å². The van der Waals surface area contributed by atoms with Crippen molar-refractivity contribution in [2.75, 3.05) is 20.3 Å². The van der Waals surface area contributed by atoms with Crippen molar-refractivity contribution in [2.24, 2.45) is 4.99 Å². The number of nitrogens with one attached hydrogen (secondary N) is 2. The lowest BCUT2D eigenvalue weighted by Crippen LogP contribution is -2.33. The third-order valence-corrected chi connectivity index (χ3v) is 6.88. The monoisotopic (exact) mass is 636 g/mol. The van der Waals surface area contributed by atoms with Gasteiger partial charge in [-0.05, 0) is 29.8 Å². The highest BCUT2D eigenvalue weighted by Gasteiger charge is 2.26. The van der Waals surface area contributed by atoms with Crippen molar-refractivity contribution in [3.05, 3.63) is 102 Å². The first kappa shape index (κ1) is 30.6. The first-order chi connectivity index (χ1) is 23.0. The van der Waals surface area contributed by atoms with E-state index in [0.29, 0.717) is 34.4 Å². The van der Waals surface area contributed by atoms with Gasteiger partial charge in [0.25, 0.3) is 0 Å². The van der Waals surface area contributed by atoms with E-state index in [2.05, 4.69) is 46.0 Å². The van der Waals surface area contributed by atoms with Crippen LogP contribution in [0.4, 0.5) is 9.59 Å². The number of hydrogen-bond donors (Lipinski definition) is 2. The quantitative estimate of drug-likeness (QED) is 0.245. The molecule has 0 saturated carbocycles. The number of fused-ring (bicyclic) bond motifs is 2. The molecule has 2 N–H and O–H groups in total. The second-order valence-electron chi connectivity index (χ2n) is 10.1. The zero-order valence-electron chi connectivity index (χ0n) is 25.0. The number of benzene rings is 3. The van der Waals surface area contributed by atoms with Gasteiger partial charge in [0.1, 0.15) is 23.9 Å². The van der Waals surface area contributed by atoms with Gasteiger partial charge in [-0.15, -0.1) is 10.2 Å². The summed E-state index contributed by atoms with van der Waals surface area (Å²) in [6.45, 7) is 0.354. The summed E-state index contributed by atoms with van der Waals surface area (Å²) in [6.07, 6.45) is 2.30. The number of carbonyl (C=O) groups is 3. The number of aromatic nitrogens is 7. The summed E-state index contributed by atoms with van der Waals surface area (Å²) in [4.78, 5) is 44.1. The first-order valence-corrected chi connectivity index (χ1v) is 14.4. The van der Waals surface area contributed by atoms with Crippen LogP contribution in [0.3, 0.4) is 0 Å². The lowest BCUT2D eigenvalue weighted by Gasteiger charge is -2.04. The Morgan fingerprint density at radius 2 is 1.43 bits per heavy atom. The van der Waals surface area contributed by atoms with Gasteiger partial charge in [-0.3, -0.25) is 0 Å². The van der Waals surface area contributed by atoms with E-state index < -0.39 is 18.0 Å². The molecule has 3 aromatic carbocycles. The number of methoxy groups -OCH3 is 1. The normalized spacial score (nSPS) is 13.7. The maximum Gasteiger partial charge on any atom is 0.344 e. The first-order valence-electron chi connectivity index (χ1n) is 14.4. The maximum absolute atomic E-state index is 12.3. The highest BCUT2D eigenvalue weighted by Crippen LogP contribution is 2.12. The molecule has 1 aliphatic heterocycles. The topological polar surface area (TPSA) is 194 Å². The van der Waals surface area contributed by atoms with E-state index in [9.17, 15) is 14.4 Å². The summed E-state index contributed by atoms with van der Waals surface area (Å²) in [5.41, 5.74) is 4.51. The summed E-state index contributed by atoms with van der Waals surface area (Å²) in [6, 6.07) is 22.9. The van der Waals surface area contributed by atoms with E-state index in [0.717, 1.165) is 15.9 Å². The van der Waals surface area contributed by atoms with E-state index in [4.69, 9.17) is 9.15 Å². The number of carbonyl (C=O) groups excluding carboxylic acids is 3. The second-order valence-corrected chi connectivity index (χ2v) is 10.1. The Morgan fingerprint density at radius 1 is 0.830 bits per heavy atom. The smallest absolute Gasteiger partial charge is 0.344 e. The third kappa shape index (κ3) is 7.28. The molecule has 7 rings (SSSR count). The van der Waals surface area contributed by atoms with Crippen LogP contribution in [0.5, 0.6) is 0 Å². The zero-order chi connectivity index (χ0) is 32.6. The van der Waals surface area contributed by atoms with Crippen LogP contribution in [0, 0.1) is 0 Å². The predicted molar refractivity (Wildman–Crippen MR) is 166 cm³/mol. The number of nitrogens with zero attached hydrogens (tertiary/aromatic N) is 8. The molecule has 2 amide bonds. The summed E-state index contributed by atoms with van der Waals surface area (Å²) >= 11 is 0. The van der Waals surface area contributed by atoms with Gasteiger partial charge in [0.15, 0.2) is 6.04 Å². The minimum Gasteiger partial charge on any atom is -0.477 e. The Bertz CT molecular complexity index is 2050. The minimum atomic E-state index is -0.677. The van der Waals surface area contributed by atoms with Crippen molar-refractivity contribution in [1.29, 1.82) is 0 Å². The molecule has 0 saturated heterocycles. The van der Waals surface area contributed by atoms with Crippen LogP contribution < -0.4 is 10.6 Å². The average molecular weight is 637 g/mol. The van der Waals surface area contributed by atoms with Crippen LogP contribution >= 0.6 is 0 Å². The van der Waals surface area contributed by atoms with Gasteiger partial charge in [-0.2, -0.15) is 9.36 Å². The molecule has 1 aliphatic rings. The van der Waals surface area contributed by atoms with Crippen molar-refractivity contribution in [2.45, 2.75) is 19.0 Å². The molecule has 6 aromatic rings. The summed E-state index contributed by atoms with van der Waals surface area (Å²) in [7, 11) is 1.29. The summed E-state index contributed by atoms with van der Waals surface area (Å²) in [5, 5.41) is 20.9. The molecule has 16 heteroatoms. The lowest BCUT2D eigenvalue weighted by molar-refractivity contribution is -0.142. The van der Waals surface area contributed by atoms with Gasteiger partial charge >= 0.3 is 18.0 Å². The van der Waals surface area contributed by atoms with Crippen molar-refractivity contribution < 1.29 is 28.3 Å². The molecule has 0 aliphatic carbocycles. The van der Waals surface area contributed by atoms with E-state index in [1.165, 1.54) is 11.8 Å². The zero-order valence-corrected chi connectivity index (χ0v) is 25.0. The highest BCUT2D eigenvalue weighted by atomic mass is 16.5. The highest BCUT2D eigenvalue weighted by molar-refractivity contribution is 5.92. The van der Waals surface area contributed by atoms with Crippen molar-refractivity contribution in [3.63, 3.8) is 0 Å². The molecule has 0 spiro atoms. The van der Waals surface area contributed by atoms with E-state index in [1.54, 1.807) is 36.6 Å². The van der Waals surface area contributed by atoms with Gasteiger partial charge in [0, 0.05) is 6.42 Å². The molecule has 4 heterocycles. The SMILES string of the molecule is COC(=O)C1COC(CNC(=O)n2nnc3ccccc32)=N1.O=C(NCc1nc(Cc2ccccc2)co1)n1nnc2ccccc21. The molecule has 238 valence electrons. The van der Waals surface area contributed by atoms with Crippen LogP contribution in [-0.2, 0) is 27.2 Å². The van der Waals surface area contributed by atoms with Crippen molar-refractivity contribution in [1.82, 2.24) is 45.6 Å². The molecule has 0 fully saturated rings. The maximum atomic E-state index is 12.3. The number of hydrogen-bond acceptors (Lipinski definition) is 12. The molecular weight excluding hydrogens is 608 g/mol. The predicted octanol–water partition coefficient (Wildman–Crippen LogP) is 2.73. The largest absolute Gasteiger partial charge is 0.477 e. The number of rotatable bonds is 7. The third-order valence-electron chi connectivity index (χ3n) is 6.88. The molecule has 0 bridgehead atoms. The summed E-state index contributed by atoms with van der Waals surface area (Å²) in [5.74, 6) is 0.250. The van der Waals surface area contributed by atoms with Gasteiger partial charge in [0.05, 0.1) is 36.9 Å². The number of para-hydroxylation sites is 2. The molecule has 0 radical (unpaired) electrons. The Morgan fingerprint density at radius 3 is 2.06 bits per heavy atom. The Hall–Kier alpha value is -6.45. The molecule has 1 atom stereocenters. The van der Waals surface area contributed by atoms with Crippen LogP contribution in [0.2, 0.25) is 0 Å². The number of oxazole rings is 1. The number of esters is 1. The van der Waals surface area contributed by atoms with Gasteiger partial charge in [-0.25, -0.2) is 24.4 Å². The van der Waals surface area contributed by atoms with Crippen LogP contribution in [0.15, 0.2) is 94.5 Å². The van der Waals surface area contributed by atoms with Crippen molar-refractivity contribution >= 4 is 46.0 Å². The van der Waals surface area contributed by atoms with Gasteiger partial charge < -0.3 is 24.5 Å². The second kappa shape index (κ2) is 14.1. The van der Waals surface area contributed by atoms with E-state index in [1.807, 2.05) is 48.5 Å². The lowest BCUT2D eigenvalue weighted by atomic mass is 10.1. The molecule has 3 aromatic heterocycles. The van der Waals surface area contributed by atoms with E-state index >= 15 is 0 Å². The molecule has 47 heavy (non-hydrogen) atoms. The fourth-order valence-electron chi connectivity index (χ4n) is 4.58. The van der Waals surface area contributed by atoms with E-state index in [-0.39, 0.29) is 31.6 Å². The standard InChI is InChI=1S/C18H15N5O2.C13H13N5O4/c24-18(23-16-9-5-4-8-15(16)21-22-23)19-11-17-20-14(12-25-17)10-13-6-2-1-3-7-13;1-21-12(19)9-7-22-11(15-9)6-14-13(20)18-10-5-3-2-4-8(10)16-17-18/h1-9,12H,10-11H2,(H,19,24);2-5,9H,6-7H2,1H3,(H,14,20). The molecule has 1 unspecified atom stereocenters. The van der Waals surface area contributed by atoms with Gasteiger partial charge in [0.2, 0.25) is 11.8 Å². The van der Waals surface area contributed by atoms with Crippen LogP contribution in [0.25, 0.3) is 22.1 Å². The number of aliphatic imine (C=N–C) groups is 1. The Labute approximate surface area is 266 Å². The fraction of sp³-hybridized carbons (Fsp3) is 0.194. The Kier molecular flexibility index (Phi) is 9.18. The average Bonchev–Trinajstić information content (AvgIpc) is 3.93. The summed E-state index contributed by atoms with van der Waals surface area (Å²) < 4.78 is 17.6. The van der Waals surface area contributed by atoms with Crippen molar-refractivity contribution in [3.8, 4) is 0 Å². The van der Waals surface area contributed by atoms with Crippen LogP contribution in [0.1, 0.15) is 17.1 Å². The Balaban J connectivity index is 0.000000166. The van der Waals surface area contributed by atoms with Crippen LogP contribution in [-0.4, -0.2) is 85.2 Å².